The number of anilines is 1. The van der Waals surface area contributed by atoms with Gasteiger partial charge in [-0.05, 0) is 17.7 Å². The number of nitrogens with zero attached hydrogens (tertiary/aromatic N) is 1. The molecular formula is C14H13ClN2O2. The highest BCUT2D eigenvalue weighted by molar-refractivity contribution is 6.17. The predicted molar refractivity (Wildman–Crippen MR) is 75.6 cm³/mol. The Morgan fingerprint density at radius 3 is 2.74 bits per heavy atom. The van der Waals surface area contributed by atoms with Crippen molar-refractivity contribution in [1.29, 1.82) is 0 Å². The van der Waals surface area contributed by atoms with Gasteiger partial charge in [-0.3, -0.25) is 9.59 Å². The molecular weight excluding hydrogens is 264 g/mol. The van der Waals surface area contributed by atoms with Crippen LogP contribution in [0.1, 0.15) is 15.9 Å². The molecule has 0 radical (unpaired) electrons. The van der Waals surface area contributed by atoms with Crippen molar-refractivity contribution in [1.82, 2.24) is 4.57 Å². The maximum absolute atomic E-state index is 12.0. The number of benzene rings is 1. The third-order valence-corrected chi connectivity index (χ3v) is 3.06. The second-order valence-electron chi connectivity index (χ2n) is 4.11. The van der Waals surface area contributed by atoms with Gasteiger partial charge in [0.1, 0.15) is 0 Å². The van der Waals surface area contributed by atoms with Crippen LogP contribution in [0.5, 0.6) is 0 Å². The van der Waals surface area contributed by atoms with Crippen LogP contribution in [0.2, 0.25) is 0 Å². The van der Waals surface area contributed by atoms with Crippen molar-refractivity contribution in [2.45, 2.75) is 5.88 Å². The lowest BCUT2D eigenvalue weighted by atomic mass is 10.2. The van der Waals surface area contributed by atoms with E-state index in [-0.39, 0.29) is 11.5 Å². The summed E-state index contributed by atoms with van der Waals surface area (Å²) in [5.41, 5.74) is 1.59. The van der Waals surface area contributed by atoms with E-state index in [4.69, 9.17) is 11.6 Å². The number of aryl methyl sites for hydroxylation is 1. The molecule has 1 amide bonds. The van der Waals surface area contributed by atoms with Crippen molar-refractivity contribution in [3.8, 4) is 0 Å². The van der Waals surface area contributed by atoms with Gasteiger partial charge in [-0.2, -0.15) is 0 Å². The van der Waals surface area contributed by atoms with Crippen LogP contribution in [0, 0.1) is 0 Å². The zero-order valence-corrected chi connectivity index (χ0v) is 11.1. The lowest BCUT2D eigenvalue weighted by Crippen LogP contribution is -2.20. The van der Waals surface area contributed by atoms with Crippen LogP contribution in [0.4, 0.5) is 5.69 Å². The summed E-state index contributed by atoms with van der Waals surface area (Å²) >= 11 is 5.80. The fourth-order valence-corrected chi connectivity index (χ4v) is 1.88. The molecule has 0 saturated heterocycles. The topological polar surface area (TPSA) is 51.1 Å². The molecule has 0 spiro atoms. The lowest BCUT2D eigenvalue weighted by Gasteiger charge is -2.09. The molecule has 1 heterocycles. The summed E-state index contributed by atoms with van der Waals surface area (Å²) in [7, 11) is 1.63. The number of carbonyl (C=O) groups excluding carboxylic acids is 1. The number of amides is 1. The Morgan fingerprint density at radius 1 is 1.32 bits per heavy atom. The summed E-state index contributed by atoms with van der Waals surface area (Å²) in [5, 5.41) is 2.75. The minimum atomic E-state index is -0.324. The smallest absolute Gasteiger partial charge is 0.255 e. The number of para-hydroxylation sites is 1. The molecule has 1 N–H and O–H groups in total. The normalized spacial score (nSPS) is 10.2. The van der Waals surface area contributed by atoms with E-state index >= 15 is 0 Å². The molecule has 0 aliphatic carbocycles. The van der Waals surface area contributed by atoms with Gasteiger partial charge in [0.05, 0.1) is 0 Å². The van der Waals surface area contributed by atoms with E-state index in [0.717, 1.165) is 5.56 Å². The molecule has 2 rings (SSSR count). The van der Waals surface area contributed by atoms with E-state index in [1.165, 1.54) is 10.6 Å². The number of hydrogen-bond donors (Lipinski definition) is 1. The van der Waals surface area contributed by atoms with Crippen LogP contribution in [0.25, 0.3) is 0 Å². The molecule has 0 unspecified atom stereocenters. The van der Waals surface area contributed by atoms with Crippen molar-refractivity contribution >= 4 is 23.2 Å². The van der Waals surface area contributed by atoms with E-state index in [0.29, 0.717) is 17.1 Å². The molecule has 1 aromatic heterocycles. The number of aromatic nitrogens is 1. The molecule has 0 fully saturated rings. The van der Waals surface area contributed by atoms with Crippen molar-refractivity contribution in [2.24, 2.45) is 7.05 Å². The number of hydrogen-bond acceptors (Lipinski definition) is 2. The summed E-state index contributed by atoms with van der Waals surface area (Å²) in [4.78, 5) is 23.5. The molecule has 5 heteroatoms. The quantitative estimate of drug-likeness (QED) is 0.875. The van der Waals surface area contributed by atoms with Gasteiger partial charge in [-0.1, -0.05) is 18.2 Å². The molecule has 0 saturated carbocycles. The monoisotopic (exact) mass is 276 g/mol. The Kier molecular flexibility index (Phi) is 4.02. The Hall–Kier alpha value is -2.07. The van der Waals surface area contributed by atoms with Gasteiger partial charge in [0.25, 0.3) is 11.5 Å². The van der Waals surface area contributed by atoms with Gasteiger partial charge in [-0.25, -0.2) is 0 Å². The second-order valence-corrected chi connectivity index (χ2v) is 4.38. The van der Waals surface area contributed by atoms with Gasteiger partial charge < -0.3 is 9.88 Å². The minimum absolute atomic E-state index is 0.224. The maximum atomic E-state index is 12.0. The second kappa shape index (κ2) is 5.71. The summed E-state index contributed by atoms with van der Waals surface area (Å²) in [5.74, 6) is -0.0113. The molecule has 98 valence electrons. The number of rotatable bonds is 3. The van der Waals surface area contributed by atoms with Crippen LogP contribution < -0.4 is 10.9 Å². The Bertz CT molecular complexity index is 664. The number of alkyl halides is 1. The number of nitrogens with one attached hydrogen (secondary N) is 1. The molecule has 19 heavy (non-hydrogen) atoms. The fraction of sp³-hybridized carbons (Fsp3) is 0.143. The van der Waals surface area contributed by atoms with Crippen LogP contribution in [0.15, 0.2) is 47.4 Å². The largest absolute Gasteiger partial charge is 0.322 e. The molecule has 4 nitrogen and oxygen atoms in total. The third kappa shape index (κ3) is 3.03. The van der Waals surface area contributed by atoms with E-state index in [9.17, 15) is 9.59 Å². The maximum Gasteiger partial charge on any atom is 0.255 e. The first kappa shape index (κ1) is 13.4. The average molecular weight is 277 g/mol. The summed E-state index contributed by atoms with van der Waals surface area (Å²) in [6.45, 7) is 0. The minimum Gasteiger partial charge on any atom is -0.322 e. The highest BCUT2D eigenvalue weighted by atomic mass is 35.5. The van der Waals surface area contributed by atoms with Crippen molar-refractivity contribution < 1.29 is 4.79 Å². The fourth-order valence-electron chi connectivity index (χ4n) is 1.64. The van der Waals surface area contributed by atoms with E-state index in [1.54, 1.807) is 25.4 Å². The first-order chi connectivity index (χ1) is 9.11. The summed E-state index contributed by atoms with van der Waals surface area (Å²) < 4.78 is 1.41. The number of halogens is 1. The Morgan fingerprint density at radius 2 is 2.05 bits per heavy atom. The highest BCUT2D eigenvalue weighted by Crippen LogP contribution is 2.17. The SMILES string of the molecule is Cn1ccc(C(=O)Nc2ccccc2CCl)cc1=O. The Balaban J connectivity index is 2.25. The van der Waals surface area contributed by atoms with E-state index < -0.39 is 0 Å². The number of pyridine rings is 1. The van der Waals surface area contributed by atoms with Gasteiger partial charge in [0, 0.05) is 36.4 Å². The molecule has 0 atom stereocenters. The van der Waals surface area contributed by atoms with Gasteiger partial charge in [0.2, 0.25) is 0 Å². The standard InChI is InChI=1S/C14H13ClN2O2/c1-17-7-6-10(8-13(17)18)14(19)16-12-5-3-2-4-11(12)9-15/h2-8H,9H2,1H3,(H,16,19). The molecule has 1 aromatic carbocycles. The third-order valence-electron chi connectivity index (χ3n) is 2.78. The summed E-state index contributed by atoms with van der Waals surface area (Å²) in [6, 6.07) is 10.2. The molecule has 0 aliphatic rings. The average Bonchev–Trinajstić information content (AvgIpc) is 2.42. The Labute approximate surface area is 115 Å². The van der Waals surface area contributed by atoms with Crippen LogP contribution in [-0.2, 0) is 12.9 Å². The van der Waals surface area contributed by atoms with E-state index in [1.807, 2.05) is 18.2 Å². The zero-order chi connectivity index (χ0) is 13.8. The van der Waals surface area contributed by atoms with Crippen LogP contribution in [-0.4, -0.2) is 10.5 Å². The van der Waals surface area contributed by atoms with Gasteiger partial charge >= 0.3 is 0 Å². The van der Waals surface area contributed by atoms with Gasteiger partial charge in [0.15, 0.2) is 0 Å². The molecule has 0 bridgehead atoms. The van der Waals surface area contributed by atoms with Crippen molar-refractivity contribution in [2.75, 3.05) is 5.32 Å². The number of carbonyl (C=O) groups is 1. The summed E-state index contributed by atoms with van der Waals surface area (Å²) in [6.07, 6.45) is 1.56. The van der Waals surface area contributed by atoms with Gasteiger partial charge in [-0.15, -0.1) is 11.6 Å². The first-order valence-electron chi connectivity index (χ1n) is 5.73. The lowest BCUT2D eigenvalue weighted by molar-refractivity contribution is 0.102. The van der Waals surface area contributed by atoms with Crippen LogP contribution in [0.3, 0.4) is 0 Å². The zero-order valence-electron chi connectivity index (χ0n) is 10.4. The van der Waals surface area contributed by atoms with Crippen molar-refractivity contribution in [3.63, 3.8) is 0 Å². The first-order valence-corrected chi connectivity index (χ1v) is 6.27. The molecule has 2 aromatic rings. The van der Waals surface area contributed by atoms with E-state index in [2.05, 4.69) is 5.32 Å². The van der Waals surface area contributed by atoms with Crippen molar-refractivity contribution in [3.05, 3.63) is 64.1 Å². The highest BCUT2D eigenvalue weighted by Gasteiger charge is 2.09. The van der Waals surface area contributed by atoms with Crippen LogP contribution >= 0.6 is 11.6 Å². The predicted octanol–water partition coefficient (Wildman–Crippen LogP) is 2.38. The molecule has 0 aliphatic heterocycles.